The van der Waals surface area contributed by atoms with E-state index in [1.807, 2.05) is 32.0 Å². The van der Waals surface area contributed by atoms with Gasteiger partial charge < -0.3 is 25.8 Å². The summed E-state index contributed by atoms with van der Waals surface area (Å²) in [6.45, 7) is 5.20. The second kappa shape index (κ2) is 9.47. The molecule has 27 heavy (non-hydrogen) atoms. The lowest BCUT2D eigenvalue weighted by atomic mass is 10.0. The molecular weight excluding hydrogens is 344 g/mol. The number of amidine groups is 1. The fourth-order valence-corrected chi connectivity index (χ4v) is 2.64. The van der Waals surface area contributed by atoms with Crippen LogP contribution in [0.25, 0.3) is 0 Å². The molecule has 0 fully saturated rings. The highest BCUT2D eigenvalue weighted by molar-refractivity contribution is 5.95. The van der Waals surface area contributed by atoms with Crippen molar-refractivity contribution in [2.45, 2.75) is 19.9 Å². The molecule has 0 aliphatic carbocycles. The number of hydrogen-bond acceptors (Lipinski definition) is 6. The number of nitrogens with two attached hydrogens (primary N) is 1. The van der Waals surface area contributed by atoms with Gasteiger partial charge in [-0.2, -0.15) is 0 Å². The first kappa shape index (κ1) is 20.1. The van der Waals surface area contributed by atoms with Crippen LogP contribution in [0.5, 0.6) is 5.75 Å². The van der Waals surface area contributed by atoms with Gasteiger partial charge in [-0.25, -0.2) is 4.79 Å². The average molecular weight is 370 g/mol. The number of carbonyl (C=O) groups is 1. The van der Waals surface area contributed by atoms with Crippen molar-refractivity contribution < 1.29 is 14.3 Å². The van der Waals surface area contributed by atoms with Gasteiger partial charge in [-0.1, -0.05) is 6.07 Å². The normalized spacial score (nSPS) is 11.4. The maximum atomic E-state index is 12.4. The summed E-state index contributed by atoms with van der Waals surface area (Å²) in [5.74, 6) is 0.259. The fourth-order valence-electron chi connectivity index (χ4n) is 2.64. The maximum absolute atomic E-state index is 12.4. The number of methoxy groups -OCH3 is 1. The van der Waals surface area contributed by atoms with Crippen LogP contribution < -0.4 is 21.1 Å². The molecule has 0 saturated heterocycles. The molecule has 5 N–H and O–H groups in total. The van der Waals surface area contributed by atoms with E-state index in [0.29, 0.717) is 23.6 Å². The third kappa shape index (κ3) is 5.13. The van der Waals surface area contributed by atoms with E-state index in [9.17, 15) is 4.79 Å². The predicted octanol–water partition coefficient (Wildman–Crippen LogP) is 3.13. The van der Waals surface area contributed by atoms with E-state index < -0.39 is 12.0 Å². The van der Waals surface area contributed by atoms with Crippen LogP contribution in [-0.4, -0.2) is 32.1 Å². The lowest BCUT2D eigenvalue weighted by Gasteiger charge is -2.20. The van der Waals surface area contributed by atoms with Gasteiger partial charge in [-0.05, 0) is 55.8 Å². The topological polar surface area (TPSA) is 109 Å². The highest BCUT2D eigenvalue weighted by atomic mass is 16.5. The van der Waals surface area contributed by atoms with Crippen LogP contribution in [0, 0.1) is 5.41 Å². The Hall–Kier alpha value is -3.22. The summed E-state index contributed by atoms with van der Waals surface area (Å²) in [7, 11) is 1.35. The van der Waals surface area contributed by atoms with Gasteiger partial charge in [0.05, 0.1) is 19.4 Å². The van der Waals surface area contributed by atoms with Crippen molar-refractivity contribution in [3.8, 4) is 5.75 Å². The van der Waals surface area contributed by atoms with Crippen LogP contribution in [0.4, 0.5) is 11.4 Å². The van der Waals surface area contributed by atoms with E-state index >= 15 is 0 Å². The number of rotatable bonds is 9. The molecule has 0 heterocycles. The summed E-state index contributed by atoms with van der Waals surface area (Å²) < 4.78 is 10.7. The molecule has 0 amide bonds. The predicted molar refractivity (Wildman–Crippen MR) is 108 cm³/mol. The fraction of sp³-hybridized carbons (Fsp3) is 0.300. The Morgan fingerprint density at radius 2 is 1.89 bits per heavy atom. The van der Waals surface area contributed by atoms with E-state index in [4.69, 9.17) is 20.6 Å². The number of benzene rings is 2. The van der Waals surface area contributed by atoms with Gasteiger partial charge in [0.25, 0.3) is 0 Å². The minimum atomic E-state index is -0.701. The molecule has 0 aliphatic heterocycles. The first-order valence-electron chi connectivity index (χ1n) is 8.79. The van der Waals surface area contributed by atoms with E-state index in [-0.39, 0.29) is 5.84 Å². The molecule has 2 aromatic rings. The standard InChI is InChI=1S/C20H26N4O3/c1-4-23-16-11-8-14(12-17(16)27-5-2)18(20(25)26-3)24-15-9-6-13(7-10-15)19(21)22/h6-12,18,23-24H,4-5H2,1-3H3,(H3,21,22). The minimum absolute atomic E-state index is 0.00793. The molecule has 0 spiro atoms. The smallest absolute Gasteiger partial charge is 0.332 e. The van der Waals surface area contributed by atoms with Gasteiger partial charge in [0.2, 0.25) is 0 Å². The van der Waals surface area contributed by atoms with Gasteiger partial charge in [-0.3, -0.25) is 5.41 Å². The van der Waals surface area contributed by atoms with Crippen molar-refractivity contribution in [1.29, 1.82) is 5.41 Å². The molecule has 0 radical (unpaired) electrons. The van der Waals surface area contributed by atoms with E-state index in [0.717, 1.165) is 17.8 Å². The Labute approximate surface area is 159 Å². The highest BCUT2D eigenvalue weighted by Gasteiger charge is 2.23. The van der Waals surface area contributed by atoms with Gasteiger partial charge in [0.1, 0.15) is 11.6 Å². The lowest BCUT2D eigenvalue weighted by molar-refractivity contribution is -0.141. The Balaban J connectivity index is 2.34. The number of esters is 1. The van der Waals surface area contributed by atoms with E-state index in [1.54, 1.807) is 24.3 Å². The molecule has 7 heteroatoms. The van der Waals surface area contributed by atoms with Crippen LogP contribution in [-0.2, 0) is 9.53 Å². The van der Waals surface area contributed by atoms with Gasteiger partial charge in [0, 0.05) is 17.8 Å². The zero-order valence-electron chi connectivity index (χ0n) is 15.8. The molecule has 0 saturated carbocycles. The molecule has 2 rings (SSSR count). The number of nitrogens with one attached hydrogen (secondary N) is 3. The number of hydrogen-bond donors (Lipinski definition) is 4. The van der Waals surface area contributed by atoms with Crippen LogP contribution in [0.3, 0.4) is 0 Å². The third-order valence-electron chi connectivity index (χ3n) is 3.95. The SMILES string of the molecule is CCNc1ccc(C(Nc2ccc(C(=N)N)cc2)C(=O)OC)cc1OCC. The Bertz CT molecular complexity index is 790. The van der Waals surface area contributed by atoms with Gasteiger partial charge in [0.15, 0.2) is 6.04 Å². The zero-order chi connectivity index (χ0) is 19.8. The number of anilines is 2. The Morgan fingerprint density at radius 3 is 2.44 bits per heavy atom. The summed E-state index contributed by atoms with van der Waals surface area (Å²) in [5, 5.41) is 13.9. The van der Waals surface area contributed by atoms with E-state index in [2.05, 4.69) is 10.6 Å². The summed E-state index contributed by atoms with van der Waals surface area (Å²) in [5.41, 5.74) is 8.40. The average Bonchev–Trinajstić information content (AvgIpc) is 2.67. The number of nitrogen functional groups attached to an aromatic ring is 1. The lowest BCUT2D eigenvalue weighted by Crippen LogP contribution is -2.22. The first-order valence-corrected chi connectivity index (χ1v) is 8.79. The molecule has 144 valence electrons. The quantitative estimate of drug-likeness (QED) is 0.307. The van der Waals surface area contributed by atoms with Crippen LogP contribution in [0.15, 0.2) is 42.5 Å². The zero-order valence-corrected chi connectivity index (χ0v) is 15.8. The summed E-state index contributed by atoms with van der Waals surface area (Å²) in [6.07, 6.45) is 0. The Kier molecular flexibility index (Phi) is 7.05. The number of carbonyl (C=O) groups excluding carboxylic acids is 1. The van der Waals surface area contributed by atoms with Crippen LogP contribution in [0.2, 0.25) is 0 Å². The first-order chi connectivity index (χ1) is 13.0. The largest absolute Gasteiger partial charge is 0.492 e. The number of ether oxygens (including phenoxy) is 2. The summed E-state index contributed by atoms with van der Waals surface area (Å²) >= 11 is 0. The summed E-state index contributed by atoms with van der Waals surface area (Å²) in [6, 6.07) is 11.9. The van der Waals surface area contributed by atoms with Gasteiger partial charge >= 0.3 is 5.97 Å². The second-order valence-corrected chi connectivity index (χ2v) is 5.81. The van der Waals surface area contributed by atoms with Crippen LogP contribution in [0.1, 0.15) is 31.0 Å². The molecule has 7 nitrogen and oxygen atoms in total. The molecule has 1 unspecified atom stereocenters. The molecule has 0 aliphatic rings. The van der Waals surface area contributed by atoms with E-state index in [1.165, 1.54) is 7.11 Å². The van der Waals surface area contributed by atoms with Crippen molar-refractivity contribution in [3.05, 3.63) is 53.6 Å². The van der Waals surface area contributed by atoms with Crippen molar-refractivity contribution >= 4 is 23.2 Å². The van der Waals surface area contributed by atoms with Crippen LogP contribution >= 0.6 is 0 Å². The van der Waals surface area contributed by atoms with Crippen molar-refractivity contribution in [2.75, 3.05) is 30.9 Å². The molecule has 0 aromatic heterocycles. The molecule has 2 aromatic carbocycles. The molecule has 1 atom stereocenters. The Morgan fingerprint density at radius 1 is 1.19 bits per heavy atom. The highest BCUT2D eigenvalue weighted by Crippen LogP contribution is 2.30. The van der Waals surface area contributed by atoms with Crippen molar-refractivity contribution in [1.82, 2.24) is 0 Å². The molecular formula is C20H26N4O3. The van der Waals surface area contributed by atoms with Gasteiger partial charge in [-0.15, -0.1) is 0 Å². The third-order valence-corrected chi connectivity index (χ3v) is 3.95. The minimum Gasteiger partial charge on any atom is -0.492 e. The van der Waals surface area contributed by atoms with Crippen molar-refractivity contribution in [2.24, 2.45) is 5.73 Å². The monoisotopic (exact) mass is 370 g/mol. The second-order valence-electron chi connectivity index (χ2n) is 5.81. The maximum Gasteiger partial charge on any atom is 0.332 e. The summed E-state index contributed by atoms with van der Waals surface area (Å²) in [4.78, 5) is 12.4. The molecule has 0 bridgehead atoms. The van der Waals surface area contributed by atoms with Crippen molar-refractivity contribution in [3.63, 3.8) is 0 Å².